The Balaban J connectivity index is 1.74. The minimum Gasteiger partial charge on any atom is -0.444 e. The Bertz CT molecular complexity index is 691. The zero-order valence-electron chi connectivity index (χ0n) is 13.3. The molecule has 0 fully saturated rings. The van der Waals surface area contributed by atoms with Crippen molar-refractivity contribution in [1.29, 1.82) is 0 Å². The van der Waals surface area contributed by atoms with E-state index < -0.39 is 11.7 Å². The maximum atomic E-state index is 11.9. The Morgan fingerprint density at radius 2 is 2.04 bits per heavy atom. The lowest BCUT2D eigenvalue weighted by Crippen LogP contribution is -2.33. The summed E-state index contributed by atoms with van der Waals surface area (Å²) in [6, 6.07) is 0. The summed E-state index contributed by atoms with van der Waals surface area (Å²) in [5, 5.41) is 5.29. The second-order valence-corrected chi connectivity index (χ2v) is 5.90. The number of fused-ring (bicyclic) bond motifs is 1. The summed E-state index contributed by atoms with van der Waals surface area (Å²) in [7, 11) is 0. The third-order valence-corrected chi connectivity index (χ3v) is 2.73. The van der Waals surface area contributed by atoms with E-state index in [4.69, 9.17) is 4.74 Å². The number of H-pyrrole nitrogens is 1. The molecule has 0 atom stereocenters. The average Bonchev–Trinajstić information content (AvgIpc) is 2.91. The van der Waals surface area contributed by atoms with E-state index in [9.17, 15) is 9.59 Å². The molecule has 0 saturated heterocycles. The molecule has 0 radical (unpaired) electrons. The first-order valence-corrected chi connectivity index (χ1v) is 7.26. The number of imidazole rings is 1. The molecule has 0 aliphatic rings. The highest BCUT2D eigenvalue weighted by Gasteiger charge is 2.15. The second-order valence-electron chi connectivity index (χ2n) is 5.90. The first kappa shape index (κ1) is 16.7. The van der Waals surface area contributed by atoms with E-state index in [1.54, 1.807) is 20.8 Å². The van der Waals surface area contributed by atoms with E-state index in [-0.39, 0.29) is 12.3 Å². The second kappa shape index (κ2) is 7.03. The normalized spacial score (nSPS) is 11.3. The molecule has 9 heteroatoms. The molecular formula is C14H20N6O3. The van der Waals surface area contributed by atoms with Crippen LogP contribution in [0.4, 0.5) is 10.6 Å². The molecule has 0 aliphatic heterocycles. The van der Waals surface area contributed by atoms with Crippen LogP contribution >= 0.6 is 0 Å². The molecule has 0 aromatic carbocycles. The lowest BCUT2D eigenvalue weighted by atomic mass is 10.2. The van der Waals surface area contributed by atoms with Crippen LogP contribution in [0.3, 0.4) is 0 Å². The van der Waals surface area contributed by atoms with E-state index in [1.807, 2.05) is 0 Å². The average molecular weight is 320 g/mol. The van der Waals surface area contributed by atoms with Crippen LogP contribution in [-0.4, -0.2) is 44.1 Å². The number of nitrogens with zero attached hydrogens (tertiary/aromatic N) is 3. The van der Waals surface area contributed by atoms with E-state index in [0.29, 0.717) is 29.9 Å². The SMILES string of the molecule is CC(C)(C)OC(=O)NCCCC(=O)Nc1ncnc2nc[nH]c12. The number of ether oxygens (including phenoxy) is 1. The van der Waals surface area contributed by atoms with Gasteiger partial charge in [-0.2, -0.15) is 0 Å². The standard InChI is InChI=1S/C14H20N6O3/c1-14(2,3)23-13(22)15-6-4-5-9(21)20-12-10-11(17-7-16-10)18-8-19-12/h7-8H,4-6H2,1-3H3,(H,15,22)(H2,16,17,18,19,20,21). The van der Waals surface area contributed by atoms with Gasteiger partial charge in [-0.05, 0) is 27.2 Å². The van der Waals surface area contributed by atoms with Crippen molar-refractivity contribution in [3.63, 3.8) is 0 Å². The van der Waals surface area contributed by atoms with Crippen LogP contribution in [-0.2, 0) is 9.53 Å². The van der Waals surface area contributed by atoms with Crippen molar-refractivity contribution in [2.24, 2.45) is 0 Å². The number of alkyl carbamates (subject to hydrolysis) is 1. The fraction of sp³-hybridized carbons (Fsp3) is 0.500. The summed E-state index contributed by atoms with van der Waals surface area (Å²) < 4.78 is 5.10. The monoisotopic (exact) mass is 320 g/mol. The first-order valence-electron chi connectivity index (χ1n) is 7.26. The number of aromatic nitrogens is 4. The quantitative estimate of drug-likeness (QED) is 0.719. The summed E-state index contributed by atoms with van der Waals surface area (Å²) in [4.78, 5) is 38.2. The number of carbonyl (C=O) groups is 2. The summed E-state index contributed by atoms with van der Waals surface area (Å²) >= 11 is 0. The Morgan fingerprint density at radius 1 is 1.26 bits per heavy atom. The zero-order valence-corrected chi connectivity index (χ0v) is 13.3. The van der Waals surface area contributed by atoms with Crippen LogP contribution in [0.1, 0.15) is 33.6 Å². The molecule has 2 aromatic rings. The lowest BCUT2D eigenvalue weighted by molar-refractivity contribution is -0.116. The molecular weight excluding hydrogens is 300 g/mol. The fourth-order valence-corrected chi connectivity index (χ4v) is 1.81. The smallest absolute Gasteiger partial charge is 0.407 e. The van der Waals surface area contributed by atoms with Gasteiger partial charge in [0, 0.05) is 13.0 Å². The molecule has 2 rings (SSSR count). The summed E-state index contributed by atoms with van der Waals surface area (Å²) in [6.07, 6.45) is 3.06. The number of anilines is 1. The summed E-state index contributed by atoms with van der Waals surface area (Å²) in [5.41, 5.74) is 0.527. The topological polar surface area (TPSA) is 122 Å². The van der Waals surface area contributed by atoms with Gasteiger partial charge in [0.1, 0.15) is 17.4 Å². The third-order valence-electron chi connectivity index (χ3n) is 2.73. The molecule has 0 spiro atoms. The van der Waals surface area contributed by atoms with Gasteiger partial charge in [0.05, 0.1) is 6.33 Å². The van der Waals surface area contributed by atoms with E-state index in [0.717, 1.165) is 0 Å². The molecule has 3 N–H and O–H groups in total. The predicted octanol–water partition coefficient (Wildman–Crippen LogP) is 1.60. The van der Waals surface area contributed by atoms with Crippen molar-refractivity contribution in [3.8, 4) is 0 Å². The Kier molecular flexibility index (Phi) is 5.09. The van der Waals surface area contributed by atoms with Gasteiger partial charge in [0.15, 0.2) is 11.5 Å². The van der Waals surface area contributed by atoms with Crippen molar-refractivity contribution in [2.45, 2.75) is 39.2 Å². The van der Waals surface area contributed by atoms with Crippen LogP contribution in [0.5, 0.6) is 0 Å². The lowest BCUT2D eigenvalue weighted by Gasteiger charge is -2.19. The molecule has 0 unspecified atom stereocenters. The predicted molar refractivity (Wildman–Crippen MR) is 83.8 cm³/mol. The number of aromatic amines is 1. The minimum absolute atomic E-state index is 0.203. The van der Waals surface area contributed by atoms with Crippen molar-refractivity contribution in [2.75, 3.05) is 11.9 Å². The van der Waals surface area contributed by atoms with Gasteiger partial charge in [0.25, 0.3) is 0 Å². The molecule has 2 aromatic heterocycles. The van der Waals surface area contributed by atoms with Gasteiger partial charge in [-0.3, -0.25) is 4.79 Å². The largest absolute Gasteiger partial charge is 0.444 e. The Hall–Kier alpha value is -2.71. The summed E-state index contributed by atoms with van der Waals surface area (Å²) in [6.45, 7) is 5.72. The van der Waals surface area contributed by atoms with Crippen molar-refractivity contribution < 1.29 is 14.3 Å². The Labute approximate surface area is 133 Å². The van der Waals surface area contributed by atoms with Crippen molar-refractivity contribution in [1.82, 2.24) is 25.3 Å². The number of rotatable bonds is 5. The maximum absolute atomic E-state index is 11.9. The molecule has 2 heterocycles. The van der Waals surface area contributed by atoms with Gasteiger partial charge in [-0.1, -0.05) is 0 Å². The molecule has 0 bridgehead atoms. The first-order chi connectivity index (χ1) is 10.8. The molecule has 9 nitrogen and oxygen atoms in total. The molecule has 23 heavy (non-hydrogen) atoms. The van der Waals surface area contributed by atoms with Crippen molar-refractivity contribution >= 4 is 29.0 Å². The third kappa shape index (κ3) is 5.20. The van der Waals surface area contributed by atoms with Gasteiger partial charge < -0.3 is 20.4 Å². The number of hydrogen-bond donors (Lipinski definition) is 3. The Morgan fingerprint density at radius 3 is 2.78 bits per heavy atom. The van der Waals surface area contributed by atoms with Crippen molar-refractivity contribution in [3.05, 3.63) is 12.7 Å². The van der Waals surface area contributed by atoms with E-state index in [1.165, 1.54) is 12.7 Å². The zero-order chi connectivity index (χ0) is 16.9. The molecule has 124 valence electrons. The molecule has 0 saturated carbocycles. The van der Waals surface area contributed by atoms with Crippen LogP contribution in [0.15, 0.2) is 12.7 Å². The highest BCUT2D eigenvalue weighted by Crippen LogP contribution is 2.14. The fourth-order valence-electron chi connectivity index (χ4n) is 1.81. The van der Waals surface area contributed by atoms with E-state index in [2.05, 4.69) is 30.6 Å². The van der Waals surface area contributed by atoms with Gasteiger partial charge >= 0.3 is 6.09 Å². The minimum atomic E-state index is -0.538. The highest BCUT2D eigenvalue weighted by molar-refractivity contribution is 5.96. The number of nitrogens with one attached hydrogen (secondary N) is 3. The van der Waals surface area contributed by atoms with Crippen LogP contribution in [0.2, 0.25) is 0 Å². The van der Waals surface area contributed by atoms with E-state index >= 15 is 0 Å². The van der Waals surface area contributed by atoms with Crippen LogP contribution < -0.4 is 10.6 Å². The number of hydrogen-bond acceptors (Lipinski definition) is 6. The summed E-state index contributed by atoms with van der Waals surface area (Å²) in [5.74, 6) is 0.184. The number of carbonyl (C=O) groups excluding carboxylic acids is 2. The van der Waals surface area contributed by atoms with Crippen LogP contribution in [0, 0.1) is 0 Å². The van der Waals surface area contributed by atoms with Crippen LogP contribution in [0.25, 0.3) is 11.2 Å². The van der Waals surface area contributed by atoms with Gasteiger partial charge in [-0.25, -0.2) is 19.7 Å². The molecule has 2 amide bonds. The van der Waals surface area contributed by atoms with Gasteiger partial charge in [0.2, 0.25) is 5.91 Å². The maximum Gasteiger partial charge on any atom is 0.407 e. The highest BCUT2D eigenvalue weighted by atomic mass is 16.6. The van der Waals surface area contributed by atoms with Gasteiger partial charge in [-0.15, -0.1) is 0 Å². The number of amides is 2. The molecule has 0 aliphatic carbocycles.